The van der Waals surface area contributed by atoms with Gasteiger partial charge < -0.3 is 14.0 Å². The summed E-state index contributed by atoms with van der Waals surface area (Å²) < 4.78 is 12.9. The maximum absolute atomic E-state index is 12.0. The van der Waals surface area contributed by atoms with Crippen molar-refractivity contribution in [3.05, 3.63) is 40.4 Å². The molecule has 7 heteroatoms. The number of rotatable bonds is 2. The maximum Gasteiger partial charge on any atom is 0.273 e. The van der Waals surface area contributed by atoms with Gasteiger partial charge in [0, 0.05) is 23.7 Å². The van der Waals surface area contributed by atoms with Gasteiger partial charge in [-0.3, -0.25) is 4.79 Å². The number of benzene rings is 1. The summed E-state index contributed by atoms with van der Waals surface area (Å²) in [6.07, 6.45) is 4.48. The molecule has 0 unspecified atom stereocenters. The van der Waals surface area contributed by atoms with E-state index in [0.29, 0.717) is 11.1 Å². The third-order valence-corrected chi connectivity index (χ3v) is 4.21. The van der Waals surface area contributed by atoms with Crippen molar-refractivity contribution < 1.29 is 9.47 Å². The molecule has 0 radical (unpaired) electrons. The molecule has 0 saturated heterocycles. The molecule has 1 aliphatic heterocycles. The van der Waals surface area contributed by atoms with E-state index in [2.05, 4.69) is 14.8 Å². The molecule has 0 saturated carbocycles. The fourth-order valence-corrected chi connectivity index (χ4v) is 3.16. The quantitative estimate of drug-likeness (QED) is 0.781. The molecule has 1 aliphatic rings. The first-order valence-electron chi connectivity index (χ1n) is 7.04. The number of H-pyrrole nitrogens is 1. The summed E-state index contributed by atoms with van der Waals surface area (Å²) in [7, 11) is 3.26. The van der Waals surface area contributed by atoms with Gasteiger partial charge in [0.25, 0.3) is 5.56 Å². The number of methoxy groups -OCH3 is 2. The average molecular weight is 334 g/mol. The van der Waals surface area contributed by atoms with Crippen molar-refractivity contribution in [3.8, 4) is 22.8 Å². The summed E-state index contributed by atoms with van der Waals surface area (Å²) in [6.45, 7) is 0.825. The van der Waals surface area contributed by atoms with Crippen LogP contribution in [0.25, 0.3) is 22.0 Å². The zero-order chi connectivity index (χ0) is 15.3. The zero-order valence-electron chi connectivity index (χ0n) is 12.8. The number of nitrogens with zero attached hydrogens (tertiary/aromatic N) is 2. The molecule has 3 aromatic rings. The largest absolute Gasteiger partial charge is 0.493 e. The van der Waals surface area contributed by atoms with Crippen molar-refractivity contribution >= 4 is 23.2 Å². The van der Waals surface area contributed by atoms with Gasteiger partial charge in [-0.1, -0.05) is 0 Å². The van der Waals surface area contributed by atoms with E-state index in [-0.39, 0.29) is 18.0 Å². The van der Waals surface area contributed by atoms with Gasteiger partial charge in [-0.05, 0) is 24.1 Å². The Morgan fingerprint density at radius 3 is 2.65 bits per heavy atom. The molecule has 0 fully saturated rings. The van der Waals surface area contributed by atoms with Crippen molar-refractivity contribution in [3.63, 3.8) is 0 Å². The minimum atomic E-state index is -0.165. The van der Waals surface area contributed by atoms with Crippen LogP contribution >= 0.6 is 12.4 Å². The van der Waals surface area contributed by atoms with Gasteiger partial charge in [0.05, 0.1) is 31.5 Å². The molecule has 23 heavy (non-hydrogen) atoms. The maximum atomic E-state index is 12.0. The Kier molecular flexibility index (Phi) is 3.77. The number of hydrogen-bond donors (Lipinski definition) is 1. The van der Waals surface area contributed by atoms with Crippen molar-refractivity contribution in [1.82, 2.24) is 14.8 Å². The Morgan fingerprint density at radius 1 is 1.17 bits per heavy atom. The average Bonchev–Trinajstić information content (AvgIpc) is 2.94. The number of fused-ring (bicyclic) bond motifs is 5. The molecule has 1 N–H and O–H groups in total. The van der Waals surface area contributed by atoms with Crippen molar-refractivity contribution in [1.29, 1.82) is 0 Å². The number of nitrogens with one attached hydrogen (secondary N) is 1. The number of halogens is 1. The SMILES string of the molecule is COc1cc2c(cc1OC)-c1c3cn[nH]c(=O)c3cn1CC2.Cl. The first-order chi connectivity index (χ1) is 10.7. The predicted molar refractivity (Wildman–Crippen MR) is 89.8 cm³/mol. The van der Waals surface area contributed by atoms with Crippen LogP contribution in [0.5, 0.6) is 11.5 Å². The van der Waals surface area contributed by atoms with Gasteiger partial charge in [-0.2, -0.15) is 5.10 Å². The van der Waals surface area contributed by atoms with Crippen LogP contribution in [0, 0.1) is 0 Å². The summed E-state index contributed by atoms with van der Waals surface area (Å²) in [5.41, 5.74) is 3.09. The van der Waals surface area contributed by atoms with E-state index in [1.807, 2.05) is 18.3 Å². The van der Waals surface area contributed by atoms with Gasteiger partial charge in [-0.15, -0.1) is 12.4 Å². The van der Waals surface area contributed by atoms with Gasteiger partial charge in [0.1, 0.15) is 0 Å². The topological polar surface area (TPSA) is 69.1 Å². The molecule has 6 nitrogen and oxygen atoms in total. The van der Waals surface area contributed by atoms with E-state index >= 15 is 0 Å². The van der Waals surface area contributed by atoms with Crippen LogP contribution in [0.4, 0.5) is 0 Å². The van der Waals surface area contributed by atoms with E-state index < -0.39 is 0 Å². The second kappa shape index (κ2) is 5.62. The van der Waals surface area contributed by atoms with Crippen molar-refractivity contribution in [2.75, 3.05) is 14.2 Å². The Balaban J connectivity index is 0.00000156. The van der Waals surface area contributed by atoms with E-state index in [0.717, 1.165) is 35.4 Å². The Labute approximate surface area is 138 Å². The molecule has 0 bridgehead atoms. The van der Waals surface area contributed by atoms with Crippen LogP contribution in [0.3, 0.4) is 0 Å². The Bertz CT molecular complexity index is 946. The highest BCUT2D eigenvalue weighted by atomic mass is 35.5. The summed E-state index contributed by atoms with van der Waals surface area (Å²) in [5, 5.41) is 7.94. The van der Waals surface area contributed by atoms with Crippen LogP contribution < -0.4 is 15.0 Å². The molecule has 1 aromatic carbocycles. The molecule has 120 valence electrons. The summed E-state index contributed by atoms with van der Waals surface area (Å²) >= 11 is 0. The highest BCUT2D eigenvalue weighted by molar-refractivity contribution is 5.96. The predicted octanol–water partition coefficient (Wildman–Crippen LogP) is 2.39. The molecular weight excluding hydrogens is 318 g/mol. The standard InChI is InChI=1S/C16H15N3O3.ClH/c1-21-13-5-9-3-4-19-8-12-11(7-17-18-16(12)20)15(19)10(9)6-14(13)22-2;/h5-8H,3-4H2,1-2H3,(H,18,20);1H. The molecule has 3 heterocycles. The van der Waals surface area contributed by atoms with Gasteiger partial charge in [-0.25, -0.2) is 5.10 Å². The molecule has 2 aromatic heterocycles. The lowest BCUT2D eigenvalue weighted by atomic mass is 9.96. The van der Waals surface area contributed by atoms with Crippen molar-refractivity contribution in [2.45, 2.75) is 13.0 Å². The normalized spacial score (nSPS) is 12.3. The monoisotopic (exact) mass is 333 g/mol. The third kappa shape index (κ3) is 2.17. The minimum Gasteiger partial charge on any atom is -0.493 e. The minimum absolute atomic E-state index is 0. The number of aryl methyl sites for hydroxylation is 2. The number of hydrogen-bond acceptors (Lipinski definition) is 4. The smallest absolute Gasteiger partial charge is 0.273 e. The van der Waals surface area contributed by atoms with Crippen LogP contribution in [-0.2, 0) is 13.0 Å². The molecule has 0 amide bonds. The second-order valence-corrected chi connectivity index (χ2v) is 5.31. The van der Waals surface area contributed by atoms with Gasteiger partial charge in [0.2, 0.25) is 0 Å². The van der Waals surface area contributed by atoms with E-state index in [1.54, 1.807) is 20.4 Å². The molecule has 4 rings (SSSR count). The van der Waals surface area contributed by atoms with Gasteiger partial charge >= 0.3 is 0 Å². The fraction of sp³-hybridized carbons (Fsp3) is 0.250. The highest BCUT2D eigenvalue weighted by Gasteiger charge is 2.23. The van der Waals surface area contributed by atoms with E-state index in [9.17, 15) is 4.79 Å². The summed E-state index contributed by atoms with van der Waals surface area (Å²) in [4.78, 5) is 12.0. The highest BCUT2D eigenvalue weighted by Crippen LogP contribution is 2.41. The Morgan fingerprint density at radius 2 is 1.91 bits per heavy atom. The summed E-state index contributed by atoms with van der Waals surface area (Å²) in [5.74, 6) is 1.41. The van der Waals surface area contributed by atoms with E-state index in [4.69, 9.17) is 9.47 Å². The molecule has 0 spiro atoms. The van der Waals surface area contributed by atoms with Crippen LogP contribution in [-0.4, -0.2) is 29.0 Å². The van der Waals surface area contributed by atoms with Crippen LogP contribution in [0.2, 0.25) is 0 Å². The lowest BCUT2D eigenvalue weighted by Gasteiger charge is -2.21. The molecular formula is C16H16ClN3O3. The number of aromatic amines is 1. The van der Waals surface area contributed by atoms with Crippen LogP contribution in [0.1, 0.15) is 5.56 Å². The number of ether oxygens (including phenoxy) is 2. The van der Waals surface area contributed by atoms with Crippen molar-refractivity contribution in [2.24, 2.45) is 0 Å². The fourth-order valence-electron chi connectivity index (χ4n) is 3.16. The number of aromatic nitrogens is 3. The molecule has 0 atom stereocenters. The summed E-state index contributed by atoms with van der Waals surface area (Å²) in [6, 6.07) is 3.98. The first kappa shape index (κ1) is 15.4. The van der Waals surface area contributed by atoms with Crippen LogP contribution in [0.15, 0.2) is 29.3 Å². The van der Waals surface area contributed by atoms with E-state index in [1.165, 1.54) is 5.56 Å². The third-order valence-electron chi connectivity index (χ3n) is 4.21. The van der Waals surface area contributed by atoms with Gasteiger partial charge in [0.15, 0.2) is 11.5 Å². The first-order valence-corrected chi connectivity index (χ1v) is 7.04. The lowest BCUT2D eigenvalue weighted by Crippen LogP contribution is -2.10. The Hall–Kier alpha value is -2.47. The lowest BCUT2D eigenvalue weighted by molar-refractivity contribution is 0.354. The second-order valence-electron chi connectivity index (χ2n) is 5.31. The molecule has 0 aliphatic carbocycles. The zero-order valence-corrected chi connectivity index (χ0v) is 13.6.